The number of nitrogens with zero attached hydrogens (tertiary/aromatic N) is 2. The molecule has 0 aliphatic heterocycles. The summed E-state index contributed by atoms with van der Waals surface area (Å²) in [5.41, 5.74) is 0. The monoisotopic (exact) mass is 257 g/mol. The average molecular weight is 258 g/mol. The first-order valence-electron chi connectivity index (χ1n) is 5.95. The van der Waals surface area contributed by atoms with Crippen LogP contribution in [0.15, 0.2) is 12.3 Å². The van der Waals surface area contributed by atoms with Crippen LogP contribution in [0.3, 0.4) is 0 Å². The van der Waals surface area contributed by atoms with Gasteiger partial charge in [-0.15, -0.1) is 11.6 Å². The quantitative estimate of drug-likeness (QED) is 0.602. The van der Waals surface area contributed by atoms with Crippen LogP contribution in [-0.2, 0) is 0 Å². The van der Waals surface area contributed by atoms with Gasteiger partial charge in [0.05, 0.1) is 6.10 Å². The smallest absolute Gasteiger partial charge is 0.225 e. The van der Waals surface area contributed by atoms with Gasteiger partial charge in [0.15, 0.2) is 0 Å². The molecule has 96 valence electrons. The Morgan fingerprint density at radius 3 is 2.82 bits per heavy atom. The van der Waals surface area contributed by atoms with Crippen molar-refractivity contribution < 1.29 is 4.74 Å². The van der Waals surface area contributed by atoms with Crippen LogP contribution in [-0.4, -0.2) is 28.0 Å². The molecule has 0 aliphatic carbocycles. The predicted molar refractivity (Wildman–Crippen MR) is 70.8 cm³/mol. The van der Waals surface area contributed by atoms with Crippen molar-refractivity contribution in [1.82, 2.24) is 9.97 Å². The number of halogens is 1. The highest BCUT2D eigenvalue weighted by molar-refractivity contribution is 6.20. The Hall–Kier alpha value is -1.03. The van der Waals surface area contributed by atoms with E-state index in [0.29, 0.717) is 11.8 Å². The molecule has 0 fully saturated rings. The van der Waals surface area contributed by atoms with Crippen LogP contribution in [0.2, 0.25) is 0 Å². The van der Waals surface area contributed by atoms with Crippen molar-refractivity contribution in [3.8, 4) is 5.88 Å². The van der Waals surface area contributed by atoms with Gasteiger partial charge < -0.3 is 10.1 Å². The lowest BCUT2D eigenvalue weighted by Crippen LogP contribution is -2.10. The van der Waals surface area contributed by atoms with E-state index >= 15 is 0 Å². The number of hydrogen-bond donors (Lipinski definition) is 1. The van der Waals surface area contributed by atoms with Gasteiger partial charge in [0.25, 0.3) is 0 Å². The van der Waals surface area contributed by atoms with Gasteiger partial charge >= 0.3 is 0 Å². The fraction of sp³-hybridized carbons (Fsp3) is 0.667. The van der Waals surface area contributed by atoms with Crippen molar-refractivity contribution in [2.75, 3.05) is 11.9 Å². The summed E-state index contributed by atoms with van der Waals surface area (Å²) in [7, 11) is 0. The molecule has 1 aromatic rings. The lowest BCUT2D eigenvalue weighted by Gasteiger charge is -2.10. The average Bonchev–Trinajstić information content (AvgIpc) is 2.24. The lowest BCUT2D eigenvalue weighted by atomic mass is 10.2. The van der Waals surface area contributed by atoms with Crippen molar-refractivity contribution in [1.29, 1.82) is 0 Å². The van der Waals surface area contributed by atoms with E-state index in [-0.39, 0.29) is 11.5 Å². The van der Waals surface area contributed by atoms with Crippen LogP contribution in [0.4, 0.5) is 5.95 Å². The molecule has 1 heterocycles. The second kappa shape index (κ2) is 7.33. The summed E-state index contributed by atoms with van der Waals surface area (Å²) < 4.78 is 5.49. The van der Waals surface area contributed by atoms with Crippen LogP contribution in [0.1, 0.15) is 33.6 Å². The van der Waals surface area contributed by atoms with Crippen LogP contribution in [0.5, 0.6) is 5.88 Å². The van der Waals surface area contributed by atoms with Crippen LogP contribution >= 0.6 is 11.6 Å². The molecule has 0 saturated heterocycles. The van der Waals surface area contributed by atoms with Crippen LogP contribution in [0, 0.1) is 0 Å². The van der Waals surface area contributed by atoms with Crippen molar-refractivity contribution in [3.05, 3.63) is 12.3 Å². The third-order valence-corrected chi connectivity index (χ3v) is 2.27. The first kappa shape index (κ1) is 14.0. The predicted octanol–water partition coefficient (Wildman–Crippen LogP) is 3.08. The largest absolute Gasteiger partial charge is 0.475 e. The standard InChI is InChI=1S/C12H20ClN3O/c1-9(2)17-11-6-8-15-12(16-11)14-7-4-5-10(3)13/h6,8-10H,4-5,7H2,1-3H3,(H,14,15,16). The van der Waals surface area contributed by atoms with E-state index in [4.69, 9.17) is 16.3 Å². The summed E-state index contributed by atoms with van der Waals surface area (Å²) in [6.45, 7) is 6.76. The minimum atomic E-state index is 0.120. The zero-order chi connectivity index (χ0) is 12.7. The van der Waals surface area contributed by atoms with Crippen molar-refractivity contribution in [3.63, 3.8) is 0 Å². The van der Waals surface area contributed by atoms with Gasteiger partial charge in [0, 0.05) is 24.2 Å². The SMILES string of the molecule is CC(Cl)CCCNc1nccc(OC(C)C)n1. The number of alkyl halides is 1. The van der Waals surface area contributed by atoms with Crippen molar-refractivity contribution >= 4 is 17.5 Å². The fourth-order valence-corrected chi connectivity index (χ4v) is 1.47. The van der Waals surface area contributed by atoms with Gasteiger partial charge in [-0.1, -0.05) is 0 Å². The molecule has 1 rings (SSSR count). The van der Waals surface area contributed by atoms with E-state index in [1.165, 1.54) is 0 Å². The topological polar surface area (TPSA) is 47.0 Å². The number of nitrogens with one attached hydrogen (secondary N) is 1. The summed E-state index contributed by atoms with van der Waals surface area (Å²) in [4.78, 5) is 8.38. The van der Waals surface area contributed by atoms with Crippen LogP contribution < -0.4 is 10.1 Å². The maximum Gasteiger partial charge on any atom is 0.225 e. The highest BCUT2D eigenvalue weighted by Crippen LogP contribution is 2.10. The summed E-state index contributed by atoms with van der Waals surface area (Å²) >= 11 is 5.86. The molecule has 1 aromatic heterocycles. The maximum atomic E-state index is 5.86. The molecule has 0 spiro atoms. The molecule has 0 saturated carbocycles. The van der Waals surface area contributed by atoms with Gasteiger partial charge in [-0.05, 0) is 33.6 Å². The molecule has 1 atom stereocenters. The Balaban J connectivity index is 2.37. The van der Waals surface area contributed by atoms with Crippen LogP contribution in [0.25, 0.3) is 0 Å². The van der Waals surface area contributed by atoms with Crippen molar-refractivity contribution in [2.45, 2.75) is 45.1 Å². The Morgan fingerprint density at radius 1 is 1.41 bits per heavy atom. The number of aromatic nitrogens is 2. The first-order valence-corrected chi connectivity index (χ1v) is 6.39. The van der Waals surface area contributed by atoms with Gasteiger partial charge in [-0.25, -0.2) is 4.98 Å². The molecule has 1 unspecified atom stereocenters. The first-order chi connectivity index (χ1) is 8.08. The molecular formula is C12H20ClN3O. The molecule has 0 aliphatic rings. The maximum absolute atomic E-state index is 5.86. The van der Waals surface area contributed by atoms with E-state index in [1.54, 1.807) is 12.3 Å². The Kier molecular flexibility index (Phi) is 6.05. The summed E-state index contributed by atoms with van der Waals surface area (Å²) in [5, 5.41) is 3.37. The molecule has 4 nitrogen and oxygen atoms in total. The lowest BCUT2D eigenvalue weighted by molar-refractivity contribution is 0.232. The number of ether oxygens (including phenoxy) is 1. The fourth-order valence-electron chi connectivity index (χ4n) is 1.32. The second-order valence-corrected chi connectivity index (χ2v) is 4.98. The third-order valence-electron chi connectivity index (χ3n) is 2.05. The third kappa shape index (κ3) is 6.31. The minimum absolute atomic E-state index is 0.120. The molecule has 0 aromatic carbocycles. The molecule has 1 N–H and O–H groups in total. The number of rotatable bonds is 7. The Morgan fingerprint density at radius 2 is 2.18 bits per heavy atom. The number of hydrogen-bond acceptors (Lipinski definition) is 4. The molecule has 0 bridgehead atoms. The molecule has 5 heteroatoms. The summed E-state index contributed by atoms with van der Waals surface area (Å²) in [6, 6.07) is 1.76. The van der Waals surface area contributed by atoms with Crippen molar-refractivity contribution in [2.24, 2.45) is 0 Å². The van der Waals surface area contributed by atoms with Gasteiger partial charge in [0.1, 0.15) is 0 Å². The Labute approximate surface area is 108 Å². The van der Waals surface area contributed by atoms with Gasteiger partial charge in [-0.3, -0.25) is 0 Å². The van der Waals surface area contributed by atoms with E-state index in [1.807, 2.05) is 20.8 Å². The van der Waals surface area contributed by atoms with E-state index in [2.05, 4.69) is 15.3 Å². The van der Waals surface area contributed by atoms with E-state index in [9.17, 15) is 0 Å². The number of anilines is 1. The second-order valence-electron chi connectivity index (χ2n) is 4.23. The zero-order valence-corrected chi connectivity index (χ0v) is 11.4. The summed E-state index contributed by atoms with van der Waals surface area (Å²) in [5.74, 6) is 1.20. The van der Waals surface area contributed by atoms with Gasteiger partial charge in [0.2, 0.25) is 11.8 Å². The summed E-state index contributed by atoms with van der Waals surface area (Å²) in [6.07, 6.45) is 3.80. The van der Waals surface area contributed by atoms with Gasteiger partial charge in [-0.2, -0.15) is 4.98 Å². The minimum Gasteiger partial charge on any atom is -0.475 e. The molecule has 17 heavy (non-hydrogen) atoms. The molecular weight excluding hydrogens is 238 g/mol. The molecule has 0 amide bonds. The highest BCUT2D eigenvalue weighted by atomic mass is 35.5. The van der Waals surface area contributed by atoms with E-state index in [0.717, 1.165) is 19.4 Å². The normalized spacial score (nSPS) is 12.5. The highest BCUT2D eigenvalue weighted by Gasteiger charge is 2.02. The molecule has 0 radical (unpaired) electrons. The van der Waals surface area contributed by atoms with E-state index < -0.39 is 0 Å². The Bertz CT molecular complexity index is 331. The zero-order valence-electron chi connectivity index (χ0n) is 10.6.